The first-order chi connectivity index (χ1) is 12.7. The predicted molar refractivity (Wildman–Crippen MR) is 98.6 cm³/mol. The summed E-state index contributed by atoms with van der Waals surface area (Å²) < 4.78 is 5.65. The fraction of sp³-hybridized carbons (Fsp3) is 0.900. The Balaban J connectivity index is 1.33. The smallest absolute Gasteiger partial charge is 0.237 e. The highest BCUT2D eigenvalue weighted by atomic mass is 16.5. The Morgan fingerprint density at radius 1 is 0.962 bits per heavy atom. The van der Waals surface area contributed by atoms with Crippen molar-refractivity contribution in [1.29, 1.82) is 0 Å². The number of rotatable bonds is 6. The highest BCUT2D eigenvalue weighted by Crippen LogP contribution is 2.33. The minimum atomic E-state index is -0.0305. The molecule has 2 saturated carbocycles. The molecule has 4 aliphatic rings. The summed E-state index contributed by atoms with van der Waals surface area (Å²) in [6, 6.07) is -0.0305. The Hall–Kier alpha value is -1.14. The van der Waals surface area contributed by atoms with Crippen molar-refractivity contribution < 1.29 is 14.3 Å². The molecule has 146 valence electrons. The molecule has 4 rings (SSSR count). The second-order valence-corrected chi connectivity index (χ2v) is 8.51. The zero-order valence-electron chi connectivity index (χ0n) is 15.8. The van der Waals surface area contributed by atoms with Crippen LogP contribution in [0.4, 0.5) is 0 Å². The summed E-state index contributed by atoms with van der Waals surface area (Å²) in [6.45, 7) is 4.67. The van der Waals surface area contributed by atoms with E-state index in [0.29, 0.717) is 24.3 Å². The highest BCUT2D eigenvalue weighted by molar-refractivity contribution is 5.83. The van der Waals surface area contributed by atoms with Gasteiger partial charge in [-0.15, -0.1) is 0 Å². The van der Waals surface area contributed by atoms with Gasteiger partial charge in [0.05, 0.1) is 12.1 Å². The lowest BCUT2D eigenvalue weighted by molar-refractivity contribution is -0.136. The molecular weight excluding hydrogens is 330 g/mol. The quantitative estimate of drug-likeness (QED) is 0.775. The van der Waals surface area contributed by atoms with Crippen molar-refractivity contribution >= 4 is 11.8 Å². The Labute approximate surface area is 156 Å². The zero-order valence-corrected chi connectivity index (χ0v) is 15.8. The van der Waals surface area contributed by atoms with Crippen LogP contribution in [-0.4, -0.2) is 73.1 Å². The van der Waals surface area contributed by atoms with Gasteiger partial charge in [-0.3, -0.25) is 14.5 Å². The van der Waals surface area contributed by atoms with Crippen molar-refractivity contribution in [1.82, 2.24) is 15.1 Å². The van der Waals surface area contributed by atoms with E-state index in [9.17, 15) is 9.59 Å². The Morgan fingerprint density at radius 2 is 1.69 bits per heavy atom. The van der Waals surface area contributed by atoms with Crippen LogP contribution in [-0.2, 0) is 14.3 Å². The summed E-state index contributed by atoms with van der Waals surface area (Å²) in [6.07, 6.45) is 9.25. The number of ether oxygens (including phenoxy) is 1. The average Bonchev–Trinajstić information content (AvgIpc) is 3.14. The van der Waals surface area contributed by atoms with E-state index in [1.165, 1.54) is 12.8 Å². The number of carbonyl (C=O) groups excluding carboxylic acids is 2. The molecule has 0 radical (unpaired) electrons. The summed E-state index contributed by atoms with van der Waals surface area (Å²) in [4.78, 5) is 29.7. The van der Waals surface area contributed by atoms with Crippen LogP contribution >= 0.6 is 0 Å². The standard InChI is InChI=1S/C20H33N3O3/c24-19(21-14-17-6-3-13-26-17)18(15-4-1-2-5-15)22-9-11-23(12-10-22)20(25)16-7-8-16/h15-18H,1-14H2,(H,21,24)/t17-,18+/m1/s1. The summed E-state index contributed by atoms with van der Waals surface area (Å²) in [5.74, 6) is 1.27. The summed E-state index contributed by atoms with van der Waals surface area (Å²) in [7, 11) is 0. The molecule has 6 nitrogen and oxygen atoms in total. The van der Waals surface area contributed by atoms with Crippen molar-refractivity contribution in [3.05, 3.63) is 0 Å². The van der Waals surface area contributed by atoms with Crippen LogP contribution in [0, 0.1) is 11.8 Å². The minimum absolute atomic E-state index is 0.0305. The van der Waals surface area contributed by atoms with Gasteiger partial charge in [0, 0.05) is 45.2 Å². The molecule has 2 atom stereocenters. The topological polar surface area (TPSA) is 61.9 Å². The molecule has 1 N–H and O–H groups in total. The molecule has 0 unspecified atom stereocenters. The Bertz CT molecular complexity index is 502. The molecule has 2 heterocycles. The maximum Gasteiger partial charge on any atom is 0.237 e. The molecule has 0 aromatic rings. The first-order valence-corrected chi connectivity index (χ1v) is 10.6. The number of hydrogen-bond donors (Lipinski definition) is 1. The van der Waals surface area contributed by atoms with Crippen molar-refractivity contribution in [2.45, 2.75) is 63.5 Å². The van der Waals surface area contributed by atoms with Crippen LogP contribution in [0.5, 0.6) is 0 Å². The van der Waals surface area contributed by atoms with E-state index in [2.05, 4.69) is 10.2 Å². The first-order valence-electron chi connectivity index (χ1n) is 10.6. The number of nitrogens with zero attached hydrogens (tertiary/aromatic N) is 2. The monoisotopic (exact) mass is 363 g/mol. The van der Waals surface area contributed by atoms with Gasteiger partial charge in [-0.25, -0.2) is 0 Å². The van der Waals surface area contributed by atoms with E-state index < -0.39 is 0 Å². The summed E-state index contributed by atoms with van der Waals surface area (Å²) in [5.41, 5.74) is 0. The van der Waals surface area contributed by atoms with Gasteiger partial charge in [0.25, 0.3) is 0 Å². The molecule has 0 spiro atoms. The molecule has 0 aromatic heterocycles. The number of nitrogens with one attached hydrogen (secondary N) is 1. The summed E-state index contributed by atoms with van der Waals surface area (Å²) >= 11 is 0. The number of carbonyl (C=O) groups is 2. The van der Waals surface area contributed by atoms with E-state index in [4.69, 9.17) is 4.74 Å². The molecule has 0 aromatic carbocycles. The van der Waals surface area contributed by atoms with E-state index in [1.54, 1.807) is 0 Å². The number of piperazine rings is 1. The number of amides is 2. The van der Waals surface area contributed by atoms with Gasteiger partial charge in [-0.2, -0.15) is 0 Å². The second-order valence-electron chi connectivity index (χ2n) is 8.51. The van der Waals surface area contributed by atoms with Crippen molar-refractivity contribution in [3.63, 3.8) is 0 Å². The van der Waals surface area contributed by atoms with Crippen molar-refractivity contribution in [2.24, 2.45) is 11.8 Å². The molecule has 2 amide bonds. The van der Waals surface area contributed by atoms with Gasteiger partial charge in [-0.1, -0.05) is 12.8 Å². The van der Waals surface area contributed by atoms with Crippen molar-refractivity contribution in [2.75, 3.05) is 39.3 Å². The average molecular weight is 364 g/mol. The van der Waals surface area contributed by atoms with Crippen LogP contribution in [0.25, 0.3) is 0 Å². The third kappa shape index (κ3) is 4.22. The van der Waals surface area contributed by atoms with E-state index in [0.717, 1.165) is 71.3 Å². The third-order valence-corrected chi connectivity index (χ3v) is 6.59. The lowest BCUT2D eigenvalue weighted by atomic mass is 9.95. The van der Waals surface area contributed by atoms with Crippen LogP contribution < -0.4 is 5.32 Å². The van der Waals surface area contributed by atoms with Gasteiger partial charge >= 0.3 is 0 Å². The van der Waals surface area contributed by atoms with Crippen molar-refractivity contribution in [3.8, 4) is 0 Å². The van der Waals surface area contributed by atoms with Crippen LogP contribution in [0.1, 0.15) is 51.4 Å². The fourth-order valence-corrected chi connectivity index (χ4v) is 4.88. The third-order valence-electron chi connectivity index (χ3n) is 6.59. The lowest BCUT2D eigenvalue weighted by Crippen LogP contribution is -2.58. The zero-order chi connectivity index (χ0) is 17.9. The largest absolute Gasteiger partial charge is 0.376 e. The molecule has 0 bridgehead atoms. The van der Waals surface area contributed by atoms with Gasteiger partial charge in [-0.05, 0) is 44.4 Å². The van der Waals surface area contributed by atoms with E-state index in [-0.39, 0.29) is 18.1 Å². The van der Waals surface area contributed by atoms with Gasteiger partial charge < -0.3 is 15.0 Å². The Morgan fingerprint density at radius 3 is 2.31 bits per heavy atom. The number of hydrogen-bond acceptors (Lipinski definition) is 4. The molecule has 2 saturated heterocycles. The highest BCUT2D eigenvalue weighted by Gasteiger charge is 2.39. The SMILES string of the molecule is O=C(NC[C@H]1CCCO1)[C@H](C1CCCC1)N1CCN(C(=O)C2CC2)CC1. The molecular formula is C20H33N3O3. The van der Waals surface area contributed by atoms with E-state index >= 15 is 0 Å². The molecule has 2 aliphatic heterocycles. The molecule has 6 heteroatoms. The Kier molecular flexibility index (Phi) is 5.79. The van der Waals surface area contributed by atoms with E-state index in [1.807, 2.05) is 4.90 Å². The van der Waals surface area contributed by atoms with Crippen LogP contribution in [0.2, 0.25) is 0 Å². The van der Waals surface area contributed by atoms with Gasteiger partial charge in [0.2, 0.25) is 11.8 Å². The van der Waals surface area contributed by atoms with Crippen LogP contribution in [0.3, 0.4) is 0 Å². The maximum atomic E-state index is 13.0. The second kappa shape index (κ2) is 8.26. The first kappa shape index (κ1) is 18.2. The molecule has 2 aliphatic carbocycles. The predicted octanol–water partition coefficient (Wildman–Crippen LogP) is 1.39. The van der Waals surface area contributed by atoms with Gasteiger partial charge in [0.15, 0.2) is 0 Å². The fourth-order valence-electron chi connectivity index (χ4n) is 4.88. The van der Waals surface area contributed by atoms with Gasteiger partial charge in [0.1, 0.15) is 0 Å². The minimum Gasteiger partial charge on any atom is -0.376 e. The summed E-state index contributed by atoms with van der Waals surface area (Å²) in [5, 5.41) is 3.17. The molecule has 4 fully saturated rings. The molecule has 26 heavy (non-hydrogen) atoms. The normalized spacial score (nSPS) is 29.1. The lowest BCUT2D eigenvalue weighted by Gasteiger charge is -2.41. The van der Waals surface area contributed by atoms with Crippen LogP contribution in [0.15, 0.2) is 0 Å². The maximum absolute atomic E-state index is 13.0.